The first kappa shape index (κ1) is 13.0. The Morgan fingerprint density at radius 1 is 1.53 bits per heavy atom. The zero-order valence-corrected chi connectivity index (χ0v) is 11.1. The summed E-state index contributed by atoms with van der Waals surface area (Å²) < 4.78 is 13.7. The molecule has 0 aliphatic carbocycles. The molecule has 0 saturated heterocycles. The highest BCUT2D eigenvalue weighted by Gasteiger charge is 2.06. The Kier molecular flexibility index (Phi) is 5.64. The second kappa shape index (κ2) is 6.51. The quantitative estimate of drug-likeness (QED) is 0.900. The molecule has 0 amide bonds. The topological polar surface area (TPSA) is 26.0 Å². The lowest BCUT2D eigenvalue weighted by atomic mass is 10.2. The number of benzene rings is 1. The van der Waals surface area contributed by atoms with Gasteiger partial charge in [0.15, 0.2) is 0 Å². The lowest BCUT2D eigenvalue weighted by Crippen LogP contribution is -2.12. The van der Waals surface area contributed by atoms with Crippen LogP contribution >= 0.6 is 27.7 Å². The van der Waals surface area contributed by atoms with E-state index in [1.165, 1.54) is 6.07 Å². The third-order valence-corrected chi connectivity index (χ3v) is 4.30. The Balaban J connectivity index is 2.47. The van der Waals surface area contributed by atoms with E-state index in [1.807, 2.05) is 6.07 Å². The van der Waals surface area contributed by atoms with Crippen LogP contribution in [0.15, 0.2) is 22.7 Å². The third kappa shape index (κ3) is 4.13. The number of halogens is 2. The van der Waals surface area contributed by atoms with Gasteiger partial charge in [0.1, 0.15) is 5.82 Å². The standard InChI is InChI=1S/C11H15BrFNS/c1-8(5-14)6-15-7-9-3-2-4-10(13)11(9)12/h2-4,8H,5-7,14H2,1H3. The lowest BCUT2D eigenvalue weighted by molar-refractivity contribution is 0.619. The largest absolute Gasteiger partial charge is 0.330 e. The van der Waals surface area contributed by atoms with Gasteiger partial charge in [0, 0.05) is 5.75 Å². The van der Waals surface area contributed by atoms with Crippen LogP contribution < -0.4 is 5.73 Å². The van der Waals surface area contributed by atoms with E-state index in [4.69, 9.17) is 5.73 Å². The molecule has 0 radical (unpaired) electrons. The van der Waals surface area contributed by atoms with E-state index >= 15 is 0 Å². The Hall–Kier alpha value is -0.0600. The molecule has 1 aromatic carbocycles. The molecule has 0 heterocycles. The molecule has 1 aromatic rings. The highest BCUT2D eigenvalue weighted by molar-refractivity contribution is 9.10. The fourth-order valence-corrected chi connectivity index (χ4v) is 2.80. The highest BCUT2D eigenvalue weighted by atomic mass is 79.9. The van der Waals surface area contributed by atoms with Crippen LogP contribution in [0.2, 0.25) is 0 Å². The number of thioether (sulfide) groups is 1. The Morgan fingerprint density at radius 2 is 2.27 bits per heavy atom. The molecule has 0 aliphatic rings. The van der Waals surface area contributed by atoms with Gasteiger partial charge < -0.3 is 5.73 Å². The van der Waals surface area contributed by atoms with Crippen molar-refractivity contribution in [3.63, 3.8) is 0 Å². The van der Waals surface area contributed by atoms with Crippen molar-refractivity contribution in [1.29, 1.82) is 0 Å². The minimum Gasteiger partial charge on any atom is -0.330 e. The van der Waals surface area contributed by atoms with Crippen LogP contribution in [0.1, 0.15) is 12.5 Å². The maximum Gasteiger partial charge on any atom is 0.137 e. The summed E-state index contributed by atoms with van der Waals surface area (Å²) in [6, 6.07) is 5.14. The predicted octanol–water partition coefficient (Wildman–Crippen LogP) is 3.42. The van der Waals surface area contributed by atoms with E-state index in [2.05, 4.69) is 22.9 Å². The molecule has 0 saturated carbocycles. The first-order chi connectivity index (χ1) is 7.15. The summed E-state index contributed by atoms with van der Waals surface area (Å²) >= 11 is 5.04. The fraction of sp³-hybridized carbons (Fsp3) is 0.455. The molecule has 0 bridgehead atoms. The molecule has 84 valence electrons. The molecule has 2 N–H and O–H groups in total. The molecule has 0 spiro atoms. The zero-order valence-electron chi connectivity index (χ0n) is 8.67. The summed E-state index contributed by atoms with van der Waals surface area (Å²) in [6.07, 6.45) is 0. The van der Waals surface area contributed by atoms with Gasteiger partial charge in [-0.3, -0.25) is 0 Å². The first-order valence-corrected chi connectivity index (χ1v) is 6.80. The van der Waals surface area contributed by atoms with Crippen LogP contribution in [-0.4, -0.2) is 12.3 Å². The van der Waals surface area contributed by atoms with Crippen molar-refractivity contribution in [3.05, 3.63) is 34.1 Å². The smallest absolute Gasteiger partial charge is 0.137 e. The monoisotopic (exact) mass is 291 g/mol. The fourth-order valence-electron chi connectivity index (χ4n) is 1.10. The van der Waals surface area contributed by atoms with Gasteiger partial charge in [-0.05, 0) is 45.8 Å². The zero-order chi connectivity index (χ0) is 11.3. The van der Waals surface area contributed by atoms with Gasteiger partial charge in [0.2, 0.25) is 0 Å². The van der Waals surface area contributed by atoms with Crippen LogP contribution in [0, 0.1) is 11.7 Å². The van der Waals surface area contributed by atoms with Gasteiger partial charge in [-0.2, -0.15) is 11.8 Å². The molecule has 15 heavy (non-hydrogen) atoms. The van der Waals surface area contributed by atoms with Crippen LogP contribution in [0.25, 0.3) is 0 Å². The minimum atomic E-state index is -0.194. The molecule has 0 aromatic heterocycles. The molecular formula is C11H15BrFNS. The van der Waals surface area contributed by atoms with E-state index in [0.29, 0.717) is 16.9 Å². The van der Waals surface area contributed by atoms with Crippen molar-refractivity contribution < 1.29 is 4.39 Å². The van der Waals surface area contributed by atoms with Gasteiger partial charge in [-0.25, -0.2) is 4.39 Å². The molecule has 0 aliphatic heterocycles. The number of rotatable bonds is 5. The Morgan fingerprint density at radius 3 is 2.93 bits per heavy atom. The summed E-state index contributed by atoms with van der Waals surface area (Å²) in [4.78, 5) is 0. The van der Waals surface area contributed by atoms with E-state index in [0.717, 1.165) is 17.1 Å². The maximum absolute atomic E-state index is 13.2. The molecule has 0 fully saturated rings. The van der Waals surface area contributed by atoms with E-state index in [-0.39, 0.29) is 5.82 Å². The van der Waals surface area contributed by atoms with Crippen molar-refractivity contribution in [2.24, 2.45) is 11.7 Å². The Bertz CT molecular complexity index is 319. The van der Waals surface area contributed by atoms with Crippen molar-refractivity contribution >= 4 is 27.7 Å². The molecule has 1 unspecified atom stereocenters. The lowest BCUT2D eigenvalue weighted by Gasteiger charge is -2.08. The van der Waals surface area contributed by atoms with Crippen LogP contribution in [0.5, 0.6) is 0 Å². The molecule has 1 rings (SSSR count). The van der Waals surface area contributed by atoms with Crippen molar-refractivity contribution in [2.75, 3.05) is 12.3 Å². The van der Waals surface area contributed by atoms with Gasteiger partial charge in [0.25, 0.3) is 0 Å². The molecule has 1 atom stereocenters. The summed E-state index contributed by atoms with van der Waals surface area (Å²) in [5.41, 5.74) is 6.53. The first-order valence-electron chi connectivity index (χ1n) is 4.85. The number of nitrogens with two attached hydrogens (primary N) is 1. The second-order valence-corrected chi connectivity index (χ2v) is 5.39. The van der Waals surface area contributed by atoms with Crippen LogP contribution in [0.3, 0.4) is 0 Å². The van der Waals surface area contributed by atoms with E-state index in [9.17, 15) is 4.39 Å². The van der Waals surface area contributed by atoms with Gasteiger partial charge in [0.05, 0.1) is 4.47 Å². The summed E-state index contributed by atoms with van der Waals surface area (Å²) in [7, 11) is 0. The highest BCUT2D eigenvalue weighted by Crippen LogP contribution is 2.25. The second-order valence-electron chi connectivity index (χ2n) is 3.57. The van der Waals surface area contributed by atoms with Crippen LogP contribution in [-0.2, 0) is 5.75 Å². The molecule has 4 heteroatoms. The minimum absolute atomic E-state index is 0.194. The summed E-state index contributed by atoms with van der Waals surface area (Å²) in [6.45, 7) is 2.82. The Labute approximate surface area is 103 Å². The van der Waals surface area contributed by atoms with Gasteiger partial charge in [-0.1, -0.05) is 19.1 Å². The van der Waals surface area contributed by atoms with Gasteiger partial charge >= 0.3 is 0 Å². The maximum atomic E-state index is 13.2. The average Bonchev–Trinajstić information content (AvgIpc) is 2.24. The van der Waals surface area contributed by atoms with Gasteiger partial charge in [-0.15, -0.1) is 0 Å². The third-order valence-electron chi connectivity index (χ3n) is 2.09. The normalized spacial score (nSPS) is 12.8. The molecular weight excluding hydrogens is 277 g/mol. The van der Waals surface area contributed by atoms with Crippen molar-refractivity contribution in [1.82, 2.24) is 0 Å². The van der Waals surface area contributed by atoms with E-state index < -0.39 is 0 Å². The SMILES string of the molecule is CC(CN)CSCc1cccc(F)c1Br. The van der Waals surface area contributed by atoms with Crippen molar-refractivity contribution in [2.45, 2.75) is 12.7 Å². The number of hydrogen-bond acceptors (Lipinski definition) is 2. The molecule has 1 nitrogen and oxygen atoms in total. The summed E-state index contributed by atoms with van der Waals surface area (Å²) in [5, 5.41) is 0. The van der Waals surface area contributed by atoms with E-state index in [1.54, 1.807) is 17.8 Å². The predicted molar refractivity (Wildman–Crippen MR) is 68.5 cm³/mol. The average molecular weight is 292 g/mol. The summed E-state index contributed by atoms with van der Waals surface area (Å²) in [5.74, 6) is 2.16. The van der Waals surface area contributed by atoms with Crippen LogP contribution in [0.4, 0.5) is 4.39 Å². The number of hydrogen-bond donors (Lipinski definition) is 1. The van der Waals surface area contributed by atoms with Crippen molar-refractivity contribution in [3.8, 4) is 0 Å².